The van der Waals surface area contributed by atoms with Crippen LogP contribution in [0.15, 0.2) is 30.6 Å². The highest BCUT2D eigenvalue weighted by Crippen LogP contribution is 2.24. The molecule has 4 nitrogen and oxygen atoms in total. The second-order valence-corrected chi connectivity index (χ2v) is 3.69. The quantitative estimate of drug-likeness (QED) is 0.760. The zero-order chi connectivity index (χ0) is 12.3. The normalized spacial score (nSPS) is 9.65. The molecule has 0 radical (unpaired) electrons. The Morgan fingerprint density at radius 1 is 1.29 bits per heavy atom. The van der Waals surface area contributed by atoms with Gasteiger partial charge in [-0.2, -0.15) is 5.26 Å². The van der Waals surface area contributed by atoms with Crippen LogP contribution in [-0.2, 0) is 0 Å². The fourth-order valence-corrected chi connectivity index (χ4v) is 1.60. The van der Waals surface area contributed by atoms with E-state index in [4.69, 9.17) is 16.9 Å². The maximum absolute atomic E-state index is 10.9. The first-order valence-electron chi connectivity index (χ1n) is 4.72. The fourth-order valence-electron chi connectivity index (χ4n) is 1.42. The summed E-state index contributed by atoms with van der Waals surface area (Å²) in [5.74, 6) is 0.0929. The average molecular weight is 244 g/mol. The lowest BCUT2D eigenvalue weighted by atomic mass is 10.0. The molecule has 0 aliphatic carbocycles. The first-order chi connectivity index (χ1) is 8.24. The summed E-state index contributed by atoms with van der Waals surface area (Å²) >= 11 is 5.80. The molecule has 0 spiro atoms. The zero-order valence-electron chi connectivity index (χ0n) is 8.59. The van der Waals surface area contributed by atoms with Gasteiger partial charge in [0.2, 0.25) is 5.82 Å². The highest BCUT2D eigenvalue weighted by Gasteiger charge is 2.06. The number of carbonyl (C=O) groups is 1. The molecule has 0 amide bonds. The van der Waals surface area contributed by atoms with Crippen molar-refractivity contribution < 1.29 is 4.79 Å². The minimum Gasteiger partial charge on any atom is -0.298 e. The molecule has 2 rings (SSSR count). The second-order valence-electron chi connectivity index (χ2n) is 3.26. The molecule has 0 aliphatic heterocycles. The number of carbonyl (C=O) groups excluding carboxylic acids is 1. The van der Waals surface area contributed by atoms with Gasteiger partial charge in [-0.25, -0.2) is 9.97 Å². The van der Waals surface area contributed by atoms with Crippen LogP contribution in [0.3, 0.4) is 0 Å². The minimum atomic E-state index is 0.0929. The van der Waals surface area contributed by atoms with E-state index in [2.05, 4.69) is 9.97 Å². The number of benzene rings is 1. The minimum absolute atomic E-state index is 0.0929. The number of nitriles is 1. The van der Waals surface area contributed by atoms with Crippen molar-refractivity contribution in [3.05, 3.63) is 47.0 Å². The predicted molar refractivity (Wildman–Crippen MR) is 62.6 cm³/mol. The van der Waals surface area contributed by atoms with Crippen molar-refractivity contribution >= 4 is 17.9 Å². The summed E-state index contributed by atoms with van der Waals surface area (Å²) in [5.41, 5.74) is 1.82. The van der Waals surface area contributed by atoms with Crippen LogP contribution in [0.5, 0.6) is 0 Å². The molecule has 2 aromatic rings. The monoisotopic (exact) mass is 243 g/mol. The number of aldehydes is 1. The average Bonchev–Trinajstić information content (AvgIpc) is 2.39. The fraction of sp³-hybridized carbons (Fsp3) is 0. The summed E-state index contributed by atoms with van der Waals surface area (Å²) in [6.07, 6.45) is 3.73. The molecule has 0 unspecified atom stereocenters. The highest BCUT2D eigenvalue weighted by atomic mass is 35.5. The van der Waals surface area contributed by atoms with Crippen molar-refractivity contribution in [3.8, 4) is 17.2 Å². The van der Waals surface area contributed by atoms with Gasteiger partial charge in [0.05, 0.1) is 0 Å². The van der Waals surface area contributed by atoms with Crippen LogP contribution >= 0.6 is 11.6 Å². The van der Waals surface area contributed by atoms with Gasteiger partial charge in [-0.3, -0.25) is 4.79 Å². The van der Waals surface area contributed by atoms with E-state index in [1.165, 1.54) is 12.4 Å². The van der Waals surface area contributed by atoms with Crippen molar-refractivity contribution in [1.82, 2.24) is 9.97 Å². The molecule has 1 aromatic carbocycles. The molecule has 0 bridgehead atoms. The molecule has 82 valence electrons. The topological polar surface area (TPSA) is 66.6 Å². The molecule has 0 aliphatic rings. The van der Waals surface area contributed by atoms with Gasteiger partial charge in [-0.05, 0) is 17.7 Å². The van der Waals surface area contributed by atoms with Gasteiger partial charge in [0.25, 0.3) is 0 Å². The van der Waals surface area contributed by atoms with E-state index in [1.54, 1.807) is 18.2 Å². The summed E-state index contributed by atoms with van der Waals surface area (Å²) in [5, 5.41) is 9.08. The van der Waals surface area contributed by atoms with Crippen LogP contribution < -0.4 is 0 Å². The molecular weight excluding hydrogens is 238 g/mol. The molecule has 5 heteroatoms. The third-order valence-corrected chi connectivity index (χ3v) is 2.44. The van der Waals surface area contributed by atoms with Crippen LogP contribution in [0, 0.1) is 11.3 Å². The van der Waals surface area contributed by atoms with E-state index in [0.29, 0.717) is 21.7 Å². The number of hydrogen-bond acceptors (Lipinski definition) is 4. The third kappa shape index (κ3) is 2.30. The zero-order valence-corrected chi connectivity index (χ0v) is 9.35. The van der Waals surface area contributed by atoms with Crippen LogP contribution in [-0.4, -0.2) is 16.3 Å². The summed E-state index contributed by atoms with van der Waals surface area (Å²) in [6, 6.07) is 6.80. The molecule has 17 heavy (non-hydrogen) atoms. The molecule has 1 aromatic heterocycles. The largest absolute Gasteiger partial charge is 0.298 e. The van der Waals surface area contributed by atoms with Gasteiger partial charge in [0, 0.05) is 28.5 Å². The van der Waals surface area contributed by atoms with Crippen molar-refractivity contribution in [2.45, 2.75) is 0 Å². The first kappa shape index (κ1) is 11.2. The van der Waals surface area contributed by atoms with Crippen LogP contribution in [0.1, 0.15) is 16.2 Å². The lowest BCUT2D eigenvalue weighted by Gasteiger charge is -2.04. The van der Waals surface area contributed by atoms with Crippen LogP contribution in [0.2, 0.25) is 5.02 Å². The predicted octanol–water partition coefficient (Wildman–Crippen LogP) is 2.48. The van der Waals surface area contributed by atoms with Gasteiger partial charge in [0.15, 0.2) is 6.29 Å². The highest BCUT2D eigenvalue weighted by molar-refractivity contribution is 6.31. The number of aromatic nitrogens is 2. The lowest BCUT2D eigenvalue weighted by molar-refractivity contribution is 0.112. The Labute approximate surface area is 103 Å². The molecule has 1 heterocycles. The number of nitrogens with zero attached hydrogens (tertiary/aromatic N) is 3. The van der Waals surface area contributed by atoms with Crippen molar-refractivity contribution in [2.75, 3.05) is 0 Å². The summed E-state index contributed by atoms with van der Waals surface area (Å²) in [7, 11) is 0. The van der Waals surface area contributed by atoms with Crippen molar-refractivity contribution in [3.63, 3.8) is 0 Å². The molecule has 0 saturated heterocycles. The van der Waals surface area contributed by atoms with E-state index in [9.17, 15) is 4.79 Å². The maximum Gasteiger partial charge on any atom is 0.232 e. The van der Waals surface area contributed by atoms with E-state index in [0.717, 1.165) is 6.29 Å². The van der Waals surface area contributed by atoms with E-state index in [-0.39, 0.29) is 5.82 Å². The second kappa shape index (κ2) is 4.73. The first-order valence-corrected chi connectivity index (χ1v) is 5.09. The Balaban J connectivity index is 2.52. The Kier molecular flexibility index (Phi) is 3.12. The molecule has 0 fully saturated rings. The van der Waals surface area contributed by atoms with E-state index >= 15 is 0 Å². The Morgan fingerprint density at radius 3 is 2.59 bits per heavy atom. The number of halogens is 1. The number of hydrogen-bond donors (Lipinski definition) is 0. The SMILES string of the molecule is N#Cc1ncc(-c2ccc(Cl)cc2C=O)cn1. The van der Waals surface area contributed by atoms with Gasteiger partial charge in [0.1, 0.15) is 6.07 Å². The molecular formula is C12H6ClN3O. The summed E-state index contributed by atoms with van der Waals surface area (Å²) in [6.45, 7) is 0. The maximum atomic E-state index is 10.9. The van der Waals surface area contributed by atoms with Gasteiger partial charge in [-0.1, -0.05) is 17.7 Å². The number of rotatable bonds is 2. The van der Waals surface area contributed by atoms with Crippen molar-refractivity contribution in [1.29, 1.82) is 5.26 Å². The Morgan fingerprint density at radius 2 is 2.00 bits per heavy atom. The molecule has 0 N–H and O–H groups in total. The van der Waals surface area contributed by atoms with Gasteiger partial charge in [-0.15, -0.1) is 0 Å². The Bertz CT molecular complexity index is 602. The Hall–Kier alpha value is -2.25. The summed E-state index contributed by atoms with van der Waals surface area (Å²) < 4.78 is 0. The van der Waals surface area contributed by atoms with Crippen LogP contribution in [0.4, 0.5) is 0 Å². The van der Waals surface area contributed by atoms with E-state index in [1.807, 2.05) is 6.07 Å². The summed E-state index contributed by atoms with van der Waals surface area (Å²) in [4.78, 5) is 18.6. The molecule has 0 saturated carbocycles. The lowest BCUT2D eigenvalue weighted by Crippen LogP contribution is -1.92. The van der Waals surface area contributed by atoms with Crippen LogP contribution in [0.25, 0.3) is 11.1 Å². The third-order valence-electron chi connectivity index (χ3n) is 2.20. The standard InChI is InChI=1S/C12H6ClN3O/c13-10-1-2-11(8(3-10)7-17)9-5-15-12(4-14)16-6-9/h1-3,5-7H. The smallest absolute Gasteiger partial charge is 0.232 e. The molecule has 0 atom stereocenters. The van der Waals surface area contributed by atoms with Gasteiger partial charge >= 0.3 is 0 Å². The van der Waals surface area contributed by atoms with Crippen molar-refractivity contribution in [2.24, 2.45) is 0 Å². The van der Waals surface area contributed by atoms with Gasteiger partial charge < -0.3 is 0 Å². The van der Waals surface area contributed by atoms with E-state index < -0.39 is 0 Å².